The topological polar surface area (TPSA) is 78.9 Å². The Labute approximate surface area is 424 Å². The lowest BCUT2D eigenvalue weighted by Gasteiger charge is -2.18. The van der Waals surface area contributed by atoms with Crippen LogP contribution in [0.25, 0.3) is 0 Å². The minimum atomic E-state index is -0.831. The highest BCUT2D eigenvalue weighted by atomic mass is 16.6. The molecule has 0 aliphatic heterocycles. The molecule has 6 heteroatoms. The summed E-state index contributed by atoms with van der Waals surface area (Å²) in [4.78, 5) is 37.8. The van der Waals surface area contributed by atoms with Crippen LogP contribution in [0.15, 0.2) is 122 Å². The Morgan fingerprint density at radius 3 is 0.957 bits per heavy atom. The number of unbranched alkanes of at least 4 members (excludes halogenated alkanes) is 19. The molecule has 0 rings (SSSR count). The second-order valence-electron chi connectivity index (χ2n) is 18.1. The van der Waals surface area contributed by atoms with Crippen LogP contribution in [-0.4, -0.2) is 37.2 Å². The van der Waals surface area contributed by atoms with Crippen molar-refractivity contribution in [3.8, 4) is 0 Å². The maximum absolute atomic E-state index is 12.7. The summed E-state index contributed by atoms with van der Waals surface area (Å²) in [5, 5.41) is 0. The maximum Gasteiger partial charge on any atom is 0.310 e. The quantitative estimate of drug-likeness (QED) is 0.0262. The van der Waals surface area contributed by atoms with E-state index < -0.39 is 12.1 Å². The first kappa shape index (κ1) is 64.8. The van der Waals surface area contributed by atoms with Crippen molar-refractivity contribution < 1.29 is 28.6 Å². The Hall–Kier alpha value is -4.19. The van der Waals surface area contributed by atoms with Gasteiger partial charge in [0.05, 0.1) is 6.42 Å². The number of carbonyl (C=O) groups excluding carboxylic acids is 3. The molecule has 0 saturated heterocycles. The third-order valence-electron chi connectivity index (χ3n) is 11.5. The predicted octanol–water partition coefficient (Wildman–Crippen LogP) is 18.9. The molecule has 0 amide bonds. The van der Waals surface area contributed by atoms with Gasteiger partial charge in [-0.2, -0.15) is 0 Å². The third kappa shape index (κ3) is 54.6. The second kappa shape index (κ2) is 56.4. The van der Waals surface area contributed by atoms with Crippen LogP contribution in [0.1, 0.15) is 239 Å². The van der Waals surface area contributed by atoms with E-state index >= 15 is 0 Å². The summed E-state index contributed by atoms with van der Waals surface area (Å²) in [5.74, 6) is -1.06. The standard InChI is InChI=1S/C63H102O6/c1-4-7-10-13-16-18-20-22-24-25-26-27-28-29-30-31-32-33-34-35-36-37-39-40-42-44-47-50-53-56-62(65)68-59-60(58-67-61(64)55-52-49-46-15-12-9-6-3)69-63(66)57-54-51-48-45-43-41-38-23-21-19-17-14-11-8-5-2/h7-8,10-11,16-19,22-24,26-27,29-30,38,43,45,51,54,60H,4-6,9,12-15,20-21,25,28,31-37,39-42,44,46-50,52-53,55-59H2,1-3H3/b10-7-,11-8-,18-16-,19-17-,24-22-,27-26-,30-29-,38-23-,45-43-,54-51-. The van der Waals surface area contributed by atoms with E-state index in [2.05, 4.69) is 130 Å². The van der Waals surface area contributed by atoms with Gasteiger partial charge in [0, 0.05) is 12.8 Å². The molecule has 0 heterocycles. The number of hydrogen-bond donors (Lipinski definition) is 0. The monoisotopic (exact) mass is 955 g/mol. The highest BCUT2D eigenvalue weighted by Gasteiger charge is 2.19. The minimum Gasteiger partial charge on any atom is -0.462 e. The van der Waals surface area contributed by atoms with E-state index in [0.717, 1.165) is 103 Å². The van der Waals surface area contributed by atoms with Gasteiger partial charge >= 0.3 is 17.9 Å². The van der Waals surface area contributed by atoms with Crippen molar-refractivity contribution in [1.82, 2.24) is 0 Å². The predicted molar refractivity (Wildman–Crippen MR) is 297 cm³/mol. The summed E-state index contributed by atoms with van der Waals surface area (Å²) in [6.07, 6.45) is 78.2. The van der Waals surface area contributed by atoms with E-state index in [1.54, 1.807) is 6.08 Å². The molecule has 0 aliphatic rings. The van der Waals surface area contributed by atoms with Crippen LogP contribution in [0, 0.1) is 0 Å². The normalized spacial score (nSPS) is 13.0. The van der Waals surface area contributed by atoms with Crippen molar-refractivity contribution in [3.63, 3.8) is 0 Å². The molecule has 0 aromatic carbocycles. The summed E-state index contributed by atoms with van der Waals surface area (Å²) in [5.41, 5.74) is 0. The zero-order valence-corrected chi connectivity index (χ0v) is 44.5. The lowest BCUT2D eigenvalue weighted by atomic mass is 10.0. The van der Waals surface area contributed by atoms with Crippen molar-refractivity contribution in [3.05, 3.63) is 122 Å². The fraction of sp³-hybridized carbons (Fsp3) is 0.635. The second-order valence-corrected chi connectivity index (χ2v) is 18.1. The molecule has 0 saturated carbocycles. The summed E-state index contributed by atoms with van der Waals surface area (Å²) < 4.78 is 16.6. The van der Waals surface area contributed by atoms with Crippen LogP contribution in [0.2, 0.25) is 0 Å². The smallest absolute Gasteiger partial charge is 0.310 e. The molecule has 1 atom stereocenters. The third-order valence-corrected chi connectivity index (χ3v) is 11.5. The lowest BCUT2D eigenvalue weighted by molar-refractivity contribution is -0.166. The Balaban J connectivity index is 4.20. The van der Waals surface area contributed by atoms with Gasteiger partial charge in [0.2, 0.25) is 0 Å². The molecule has 0 aromatic rings. The number of rotatable bonds is 49. The van der Waals surface area contributed by atoms with Gasteiger partial charge in [-0.05, 0) is 89.9 Å². The average molecular weight is 956 g/mol. The summed E-state index contributed by atoms with van der Waals surface area (Å²) in [6, 6.07) is 0. The van der Waals surface area contributed by atoms with Gasteiger partial charge in [0.1, 0.15) is 13.2 Å². The highest BCUT2D eigenvalue weighted by Crippen LogP contribution is 2.15. The number of ether oxygens (including phenoxy) is 3. The van der Waals surface area contributed by atoms with Gasteiger partial charge < -0.3 is 14.2 Å². The van der Waals surface area contributed by atoms with E-state index in [0.29, 0.717) is 12.8 Å². The van der Waals surface area contributed by atoms with E-state index in [1.807, 2.05) is 6.08 Å². The SMILES string of the molecule is CC/C=C\C/C=C\C/C=C\C/C=C\C/C=C\CCCCCCCCCCCCCCCC(=O)OCC(COC(=O)CCCCCCCCC)OC(=O)C/C=C\C/C=C\C/C=C\C/C=C\C/C=C\CC. The first-order chi connectivity index (χ1) is 34.0. The lowest BCUT2D eigenvalue weighted by Crippen LogP contribution is -2.30. The largest absolute Gasteiger partial charge is 0.462 e. The molecular weight excluding hydrogens is 853 g/mol. The fourth-order valence-electron chi connectivity index (χ4n) is 7.37. The number of hydrogen-bond acceptors (Lipinski definition) is 6. The van der Waals surface area contributed by atoms with Crippen molar-refractivity contribution in [2.24, 2.45) is 0 Å². The van der Waals surface area contributed by atoms with Gasteiger partial charge in [0.25, 0.3) is 0 Å². The van der Waals surface area contributed by atoms with Gasteiger partial charge in [0.15, 0.2) is 6.10 Å². The maximum atomic E-state index is 12.7. The van der Waals surface area contributed by atoms with Crippen LogP contribution in [0.5, 0.6) is 0 Å². The molecule has 0 spiro atoms. The van der Waals surface area contributed by atoms with Crippen molar-refractivity contribution in [2.45, 2.75) is 245 Å². The first-order valence-electron chi connectivity index (χ1n) is 28.0. The van der Waals surface area contributed by atoms with Crippen LogP contribution >= 0.6 is 0 Å². The Morgan fingerprint density at radius 2 is 0.609 bits per heavy atom. The van der Waals surface area contributed by atoms with Gasteiger partial charge in [-0.15, -0.1) is 0 Å². The molecule has 6 nitrogen and oxygen atoms in total. The summed E-state index contributed by atoms with van der Waals surface area (Å²) >= 11 is 0. The molecule has 0 aliphatic carbocycles. The number of esters is 3. The van der Waals surface area contributed by atoms with Crippen LogP contribution in [0.4, 0.5) is 0 Å². The van der Waals surface area contributed by atoms with Gasteiger partial charge in [-0.3, -0.25) is 14.4 Å². The van der Waals surface area contributed by atoms with Crippen LogP contribution in [-0.2, 0) is 28.6 Å². The Bertz CT molecular complexity index is 1470. The molecule has 0 radical (unpaired) electrons. The Kier molecular flexibility index (Phi) is 53.0. The Morgan fingerprint density at radius 1 is 0.319 bits per heavy atom. The molecule has 390 valence electrons. The van der Waals surface area contributed by atoms with Crippen LogP contribution in [0.3, 0.4) is 0 Å². The van der Waals surface area contributed by atoms with Crippen molar-refractivity contribution in [2.75, 3.05) is 13.2 Å². The number of allylic oxidation sites excluding steroid dienone is 19. The molecular formula is C63H102O6. The molecule has 0 bridgehead atoms. The van der Waals surface area contributed by atoms with Gasteiger partial charge in [-0.1, -0.05) is 251 Å². The van der Waals surface area contributed by atoms with E-state index in [1.165, 1.54) is 96.3 Å². The molecule has 1 unspecified atom stereocenters. The first-order valence-corrected chi connectivity index (χ1v) is 28.0. The summed E-state index contributed by atoms with van der Waals surface area (Å²) in [6.45, 7) is 6.27. The van der Waals surface area contributed by atoms with Crippen molar-refractivity contribution in [1.29, 1.82) is 0 Å². The van der Waals surface area contributed by atoms with Crippen LogP contribution < -0.4 is 0 Å². The van der Waals surface area contributed by atoms with E-state index in [4.69, 9.17) is 14.2 Å². The minimum absolute atomic E-state index is 0.0947. The molecule has 0 aromatic heterocycles. The molecule has 69 heavy (non-hydrogen) atoms. The summed E-state index contributed by atoms with van der Waals surface area (Å²) in [7, 11) is 0. The zero-order valence-electron chi connectivity index (χ0n) is 44.5. The van der Waals surface area contributed by atoms with E-state index in [-0.39, 0.29) is 31.6 Å². The van der Waals surface area contributed by atoms with Gasteiger partial charge in [-0.25, -0.2) is 0 Å². The highest BCUT2D eigenvalue weighted by molar-refractivity contribution is 5.72. The van der Waals surface area contributed by atoms with E-state index in [9.17, 15) is 14.4 Å². The molecule has 0 N–H and O–H groups in total. The van der Waals surface area contributed by atoms with Crippen molar-refractivity contribution >= 4 is 17.9 Å². The average Bonchev–Trinajstić information content (AvgIpc) is 3.35. The fourth-order valence-corrected chi connectivity index (χ4v) is 7.37. The zero-order chi connectivity index (χ0) is 50.0. The molecule has 0 fully saturated rings. The number of carbonyl (C=O) groups is 3.